The smallest absolute Gasteiger partial charge is 0.341 e. The Morgan fingerprint density at radius 3 is 2.58 bits per heavy atom. The van der Waals surface area contributed by atoms with Crippen molar-refractivity contribution in [1.29, 1.82) is 0 Å². The summed E-state index contributed by atoms with van der Waals surface area (Å²) in [6.07, 6.45) is 1.77. The molecule has 0 radical (unpaired) electrons. The molecular formula is C13H17N3O3. The Morgan fingerprint density at radius 2 is 2.05 bits per heavy atom. The van der Waals surface area contributed by atoms with E-state index in [0.29, 0.717) is 17.0 Å². The van der Waals surface area contributed by atoms with Crippen LogP contribution in [0.2, 0.25) is 0 Å². The molecule has 0 amide bonds. The topological polar surface area (TPSA) is 81.2 Å². The Kier molecular flexibility index (Phi) is 2.96. The molecule has 0 aliphatic rings. The molecule has 6 heteroatoms. The van der Waals surface area contributed by atoms with E-state index in [1.807, 2.05) is 20.8 Å². The van der Waals surface area contributed by atoms with E-state index < -0.39 is 5.97 Å². The first-order chi connectivity index (χ1) is 8.71. The first kappa shape index (κ1) is 13.3. The number of rotatable bonds is 2. The van der Waals surface area contributed by atoms with Crippen LogP contribution >= 0.6 is 0 Å². The Hall–Kier alpha value is -2.11. The van der Waals surface area contributed by atoms with Gasteiger partial charge in [-0.1, -0.05) is 25.9 Å². The molecule has 0 saturated heterocycles. The lowest BCUT2D eigenvalue weighted by atomic mass is 9.88. The van der Waals surface area contributed by atoms with Crippen molar-refractivity contribution >= 4 is 5.97 Å². The number of hydrogen-bond donors (Lipinski definition) is 1. The van der Waals surface area contributed by atoms with Crippen molar-refractivity contribution in [3.63, 3.8) is 0 Å². The number of carboxylic acids is 1. The molecule has 2 rings (SSSR count). The van der Waals surface area contributed by atoms with Crippen LogP contribution < -0.4 is 0 Å². The lowest BCUT2D eigenvalue weighted by molar-refractivity contribution is 0.0695. The molecule has 0 spiro atoms. The van der Waals surface area contributed by atoms with Crippen LogP contribution in [-0.4, -0.2) is 26.0 Å². The number of aromatic nitrogens is 3. The van der Waals surface area contributed by atoms with Gasteiger partial charge in [-0.15, -0.1) is 0 Å². The molecule has 1 N–H and O–H groups in total. The van der Waals surface area contributed by atoms with Crippen LogP contribution in [0.25, 0.3) is 11.3 Å². The van der Waals surface area contributed by atoms with Gasteiger partial charge in [-0.25, -0.2) is 4.79 Å². The van der Waals surface area contributed by atoms with Crippen molar-refractivity contribution in [3.8, 4) is 11.3 Å². The van der Waals surface area contributed by atoms with Crippen molar-refractivity contribution < 1.29 is 14.4 Å². The maximum absolute atomic E-state index is 11.3. The zero-order valence-electron chi connectivity index (χ0n) is 11.7. The highest BCUT2D eigenvalue weighted by molar-refractivity contribution is 5.96. The third kappa shape index (κ3) is 2.25. The van der Waals surface area contributed by atoms with Gasteiger partial charge in [-0.3, -0.25) is 4.68 Å². The molecule has 0 aromatic carbocycles. The number of aryl methyl sites for hydroxylation is 2. The Balaban J connectivity index is 2.70. The molecule has 0 aliphatic carbocycles. The molecular weight excluding hydrogens is 246 g/mol. The van der Waals surface area contributed by atoms with E-state index in [1.54, 1.807) is 24.9 Å². The second-order valence-corrected chi connectivity index (χ2v) is 5.58. The van der Waals surface area contributed by atoms with Gasteiger partial charge >= 0.3 is 5.97 Å². The summed E-state index contributed by atoms with van der Waals surface area (Å²) in [6, 6.07) is 0. The van der Waals surface area contributed by atoms with E-state index in [2.05, 4.69) is 10.3 Å². The van der Waals surface area contributed by atoms with Crippen LogP contribution in [0.3, 0.4) is 0 Å². The molecule has 0 saturated carbocycles. The van der Waals surface area contributed by atoms with Gasteiger partial charge in [-0.05, 0) is 6.92 Å². The predicted octanol–water partition coefficient (Wildman–Crippen LogP) is 2.38. The Bertz CT molecular complexity index is 632. The SMILES string of the molecule is Cc1onc(-c2cn(C)nc2C(C)(C)C)c1C(=O)O. The third-order valence-corrected chi connectivity index (χ3v) is 2.87. The molecule has 0 bridgehead atoms. The first-order valence-corrected chi connectivity index (χ1v) is 5.96. The average Bonchev–Trinajstić information content (AvgIpc) is 2.80. The molecule has 0 atom stereocenters. The maximum atomic E-state index is 11.3. The number of nitrogens with zero attached hydrogens (tertiary/aromatic N) is 3. The fourth-order valence-electron chi connectivity index (χ4n) is 2.02. The highest BCUT2D eigenvalue weighted by Crippen LogP contribution is 2.33. The van der Waals surface area contributed by atoms with Gasteiger partial charge in [-0.2, -0.15) is 5.10 Å². The van der Waals surface area contributed by atoms with Gasteiger partial charge in [0.2, 0.25) is 0 Å². The van der Waals surface area contributed by atoms with Crippen molar-refractivity contribution in [1.82, 2.24) is 14.9 Å². The van der Waals surface area contributed by atoms with Crippen LogP contribution in [0.4, 0.5) is 0 Å². The Labute approximate surface area is 111 Å². The summed E-state index contributed by atoms with van der Waals surface area (Å²) < 4.78 is 6.68. The highest BCUT2D eigenvalue weighted by Gasteiger charge is 2.29. The molecule has 2 aromatic rings. The van der Waals surface area contributed by atoms with Crippen LogP contribution in [0, 0.1) is 6.92 Å². The lowest BCUT2D eigenvalue weighted by Gasteiger charge is -2.16. The quantitative estimate of drug-likeness (QED) is 0.899. The zero-order chi connectivity index (χ0) is 14.4. The minimum atomic E-state index is -1.04. The summed E-state index contributed by atoms with van der Waals surface area (Å²) in [6.45, 7) is 7.65. The summed E-state index contributed by atoms with van der Waals surface area (Å²) in [4.78, 5) is 11.3. The van der Waals surface area contributed by atoms with Gasteiger partial charge < -0.3 is 9.63 Å². The van der Waals surface area contributed by atoms with Crippen LogP contribution in [-0.2, 0) is 12.5 Å². The van der Waals surface area contributed by atoms with Crippen molar-refractivity contribution in [3.05, 3.63) is 23.2 Å². The van der Waals surface area contributed by atoms with Crippen molar-refractivity contribution in [2.75, 3.05) is 0 Å². The highest BCUT2D eigenvalue weighted by atomic mass is 16.5. The summed E-state index contributed by atoms with van der Waals surface area (Å²) >= 11 is 0. The van der Waals surface area contributed by atoms with E-state index in [4.69, 9.17) is 4.52 Å². The molecule has 6 nitrogen and oxygen atoms in total. The number of aromatic carboxylic acids is 1. The third-order valence-electron chi connectivity index (χ3n) is 2.87. The minimum Gasteiger partial charge on any atom is -0.477 e. The summed E-state index contributed by atoms with van der Waals surface area (Å²) in [5.41, 5.74) is 1.72. The lowest BCUT2D eigenvalue weighted by Crippen LogP contribution is -2.14. The molecule has 0 unspecified atom stereocenters. The Morgan fingerprint density at radius 1 is 1.42 bits per heavy atom. The molecule has 102 valence electrons. The maximum Gasteiger partial charge on any atom is 0.341 e. The van der Waals surface area contributed by atoms with E-state index >= 15 is 0 Å². The zero-order valence-corrected chi connectivity index (χ0v) is 11.7. The van der Waals surface area contributed by atoms with Gasteiger partial charge in [0, 0.05) is 24.2 Å². The summed E-state index contributed by atoms with van der Waals surface area (Å²) in [5.74, 6) is -0.747. The molecule has 2 heterocycles. The standard InChI is InChI=1S/C13H17N3O3/c1-7-9(12(17)18)10(15-19-7)8-6-16(5)14-11(8)13(2,3)4/h6H,1-5H3,(H,17,18). The van der Waals surface area contributed by atoms with E-state index in [9.17, 15) is 9.90 Å². The van der Waals surface area contributed by atoms with E-state index in [0.717, 1.165) is 5.69 Å². The fourth-order valence-corrected chi connectivity index (χ4v) is 2.02. The monoisotopic (exact) mass is 263 g/mol. The largest absolute Gasteiger partial charge is 0.477 e. The average molecular weight is 263 g/mol. The number of hydrogen-bond acceptors (Lipinski definition) is 4. The van der Waals surface area contributed by atoms with Gasteiger partial charge in [0.05, 0.1) is 5.69 Å². The second-order valence-electron chi connectivity index (χ2n) is 5.58. The normalized spacial score (nSPS) is 11.8. The van der Waals surface area contributed by atoms with Gasteiger partial charge in [0.25, 0.3) is 0 Å². The molecule has 0 fully saturated rings. The second kappa shape index (κ2) is 4.22. The minimum absolute atomic E-state index is 0.0958. The van der Waals surface area contributed by atoms with Crippen LogP contribution in [0.15, 0.2) is 10.7 Å². The number of carboxylic acid groups (broad SMARTS) is 1. The predicted molar refractivity (Wildman–Crippen MR) is 69.1 cm³/mol. The first-order valence-electron chi connectivity index (χ1n) is 5.96. The molecule has 2 aromatic heterocycles. The van der Waals surface area contributed by atoms with E-state index in [-0.39, 0.29) is 11.0 Å². The van der Waals surface area contributed by atoms with Crippen molar-refractivity contribution in [2.45, 2.75) is 33.1 Å². The fraction of sp³-hybridized carbons (Fsp3) is 0.462. The van der Waals surface area contributed by atoms with Gasteiger partial charge in [0.15, 0.2) is 0 Å². The van der Waals surface area contributed by atoms with Gasteiger partial charge in [0.1, 0.15) is 17.0 Å². The molecule has 0 aliphatic heterocycles. The summed E-state index contributed by atoms with van der Waals surface area (Å²) in [7, 11) is 1.80. The van der Waals surface area contributed by atoms with E-state index in [1.165, 1.54) is 0 Å². The van der Waals surface area contributed by atoms with Crippen molar-refractivity contribution in [2.24, 2.45) is 7.05 Å². The number of carbonyl (C=O) groups is 1. The van der Waals surface area contributed by atoms with Crippen LogP contribution in [0.5, 0.6) is 0 Å². The van der Waals surface area contributed by atoms with Crippen LogP contribution in [0.1, 0.15) is 42.6 Å². The molecule has 19 heavy (non-hydrogen) atoms. The summed E-state index contributed by atoms with van der Waals surface area (Å²) in [5, 5.41) is 17.6.